The Hall–Kier alpha value is -4.47. The first-order chi connectivity index (χ1) is 18.7. The number of imidazole rings is 1. The van der Waals surface area contributed by atoms with E-state index in [0.29, 0.717) is 24.5 Å². The molecule has 5 rings (SSSR count). The summed E-state index contributed by atoms with van der Waals surface area (Å²) in [7, 11) is 0. The zero-order valence-electron chi connectivity index (χ0n) is 21.2. The van der Waals surface area contributed by atoms with E-state index < -0.39 is 17.6 Å². The maximum Gasteiger partial charge on any atom is 0.416 e. The Balaban J connectivity index is 1.19. The van der Waals surface area contributed by atoms with E-state index in [1.165, 1.54) is 19.1 Å². The summed E-state index contributed by atoms with van der Waals surface area (Å²) in [5.74, 6) is -0.461. The molecule has 0 atom stereocenters. The Morgan fingerprint density at radius 3 is 2.41 bits per heavy atom. The first-order valence-electron chi connectivity index (χ1n) is 12.5. The molecule has 3 heterocycles. The Morgan fingerprint density at radius 1 is 1.00 bits per heavy atom. The van der Waals surface area contributed by atoms with Crippen LogP contribution in [0.4, 0.5) is 18.9 Å². The van der Waals surface area contributed by atoms with Crippen LogP contribution in [0.15, 0.2) is 79.5 Å². The smallest absolute Gasteiger partial charge is 0.337 e. The van der Waals surface area contributed by atoms with E-state index in [2.05, 4.69) is 15.3 Å². The third-order valence-electron chi connectivity index (χ3n) is 7.07. The van der Waals surface area contributed by atoms with Gasteiger partial charge in [0.15, 0.2) is 0 Å². The van der Waals surface area contributed by atoms with Crippen LogP contribution in [-0.4, -0.2) is 44.3 Å². The summed E-state index contributed by atoms with van der Waals surface area (Å²) >= 11 is 0. The summed E-state index contributed by atoms with van der Waals surface area (Å²) < 4.78 is 41.4. The molecule has 10 heteroatoms. The molecule has 0 bridgehead atoms. The molecule has 7 nitrogen and oxygen atoms in total. The van der Waals surface area contributed by atoms with Crippen molar-refractivity contribution in [3.63, 3.8) is 0 Å². The number of hydrogen-bond donors (Lipinski definition) is 1. The van der Waals surface area contributed by atoms with Crippen molar-refractivity contribution in [3.05, 3.63) is 107 Å². The second kappa shape index (κ2) is 10.7. The zero-order valence-corrected chi connectivity index (χ0v) is 21.2. The maximum atomic E-state index is 13.2. The van der Waals surface area contributed by atoms with Gasteiger partial charge in [0, 0.05) is 42.9 Å². The average Bonchev–Trinajstić information content (AvgIpc) is 3.48. The fraction of sp³-hybridized carbons (Fsp3) is 0.241. The predicted octanol–water partition coefficient (Wildman–Crippen LogP) is 5.87. The predicted molar refractivity (Wildman–Crippen MR) is 140 cm³/mol. The quantitative estimate of drug-likeness (QED) is 0.348. The number of rotatable bonds is 5. The van der Waals surface area contributed by atoms with Gasteiger partial charge in [-0.2, -0.15) is 13.2 Å². The van der Waals surface area contributed by atoms with Crippen molar-refractivity contribution in [2.24, 2.45) is 0 Å². The number of likely N-dealkylation sites (tertiary alicyclic amines) is 1. The Kier molecular flexibility index (Phi) is 7.19. The fourth-order valence-electron chi connectivity index (χ4n) is 4.91. The van der Waals surface area contributed by atoms with Gasteiger partial charge in [-0.15, -0.1) is 0 Å². The van der Waals surface area contributed by atoms with Crippen molar-refractivity contribution >= 4 is 17.5 Å². The van der Waals surface area contributed by atoms with Crippen LogP contribution in [0.5, 0.6) is 0 Å². The number of pyridine rings is 1. The first-order valence-corrected chi connectivity index (χ1v) is 12.5. The molecule has 4 aromatic rings. The zero-order chi connectivity index (χ0) is 27.6. The van der Waals surface area contributed by atoms with Crippen molar-refractivity contribution in [2.45, 2.75) is 31.9 Å². The molecule has 1 saturated heterocycles. The number of anilines is 1. The van der Waals surface area contributed by atoms with Gasteiger partial charge < -0.3 is 14.8 Å². The van der Waals surface area contributed by atoms with E-state index in [1.807, 2.05) is 27.7 Å². The largest absolute Gasteiger partial charge is 0.416 e. The van der Waals surface area contributed by atoms with E-state index in [-0.39, 0.29) is 23.0 Å². The van der Waals surface area contributed by atoms with E-state index in [4.69, 9.17) is 0 Å². The Morgan fingerprint density at radius 2 is 1.74 bits per heavy atom. The lowest BCUT2D eigenvalue weighted by Gasteiger charge is -2.32. The number of piperidine rings is 1. The van der Waals surface area contributed by atoms with Crippen LogP contribution in [0, 0.1) is 6.92 Å². The van der Waals surface area contributed by atoms with Crippen LogP contribution in [0.2, 0.25) is 0 Å². The molecule has 0 aliphatic carbocycles. The topological polar surface area (TPSA) is 80.1 Å². The number of benzene rings is 2. The van der Waals surface area contributed by atoms with E-state index in [0.717, 1.165) is 30.2 Å². The molecule has 1 N–H and O–H groups in total. The highest BCUT2D eigenvalue weighted by Crippen LogP contribution is 2.33. The number of carbonyl (C=O) groups is 2. The molecule has 200 valence electrons. The number of amides is 2. The van der Waals surface area contributed by atoms with Gasteiger partial charge in [-0.05, 0) is 73.2 Å². The minimum absolute atomic E-state index is 0.0176. The second-order valence-corrected chi connectivity index (χ2v) is 9.49. The van der Waals surface area contributed by atoms with Crippen LogP contribution in [-0.2, 0) is 6.18 Å². The average molecular weight is 534 g/mol. The molecule has 39 heavy (non-hydrogen) atoms. The van der Waals surface area contributed by atoms with Gasteiger partial charge in [-0.3, -0.25) is 14.6 Å². The van der Waals surface area contributed by atoms with Gasteiger partial charge in [0.05, 0.1) is 17.6 Å². The van der Waals surface area contributed by atoms with E-state index in [9.17, 15) is 22.8 Å². The first kappa shape index (κ1) is 26.1. The molecule has 1 fully saturated rings. The van der Waals surface area contributed by atoms with Crippen LogP contribution in [0.25, 0.3) is 5.69 Å². The SMILES string of the molecule is Cc1c(C(=O)Nc2ccc(C3CCN(C(=O)c4cc(-n5ccnc5)ccn4)CC3)cc2)cccc1C(F)(F)F. The van der Waals surface area contributed by atoms with Gasteiger partial charge >= 0.3 is 6.18 Å². The van der Waals surface area contributed by atoms with Gasteiger partial charge in [-0.1, -0.05) is 18.2 Å². The van der Waals surface area contributed by atoms with Crippen LogP contribution >= 0.6 is 0 Å². The van der Waals surface area contributed by atoms with Crippen molar-refractivity contribution < 1.29 is 22.8 Å². The van der Waals surface area contributed by atoms with Gasteiger partial charge in [0.2, 0.25) is 0 Å². The number of aromatic nitrogens is 3. The van der Waals surface area contributed by atoms with Crippen molar-refractivity contribution in [1.29, 1.82) is 0 Å². The number of carbonyl (C=O) groups excluding carboxylic acids is 2. The lowest BCUT2D eigenvalue weighted by Crippen LogP contribution is -2.38. The summed E-state index contributed by atoms with van der Waals surface area (Å²) in [5, 5.41) is 2.69. The molecule has 1 aliphatic heterocycles. The lowest BCUT2D eigenvalue weighted by atomic mass is 9.89. The number of halogens is 3. The Bertz CT molecular complexity index is 1480. The molecule has 1 aliphatic rings. The highest BCUT2D eigenvalue weighted by atomic mass is 19.4. The molecule has 2 aromatic carbocycles. The number of hydrogen-bond acceptors (Lipinski definition) is 4. The molecular weight excluding hydrogens is 507 g/mol. The van der Waals surface area contributed by atoms with E-state index in [1.54, 1.807) is 43.1 Å². The Labute approximate surface area is 223 Å². The molecule has 0 saturated carbocycles. The molecular formula is C29H26F3N5O2. The van der Waals surface area contributed by atoms with Gasteiger partial charge in [-0.25, -0.2) is 4.98 Å². The molecule has 2 amide bonds. The number of nitrogens with one attached hydrogen (secondary N) is 1. The summed E-state index contributed by atoms with van der Waals surface area (Å²) in [6.07, 6.45) is 3.79. The van der Waals surface area contributed by atoms with E-state index >= 15 is 0 Å². The normalized spacial score (nSPS) is 14.3. The van der Waals surface area contributed by atoms with Gasteiger partial charge in [0.25, 0.3) is 11.8 Å². The molecule has 0 radical (unpaired) electrons. The standard InChI is InChI=1S/C29H26F3N5O2/c1-19-24(3-2-4-25(19)29(30,31)32)27(38)35-22-7-5-20(6-8-22)21-10-14-36(15-11-21)28(39)26-17-23(9-12-34-26)37-16-13-33-18-37/h2-9,12-13,16-18,21H,10-11,14-15H2,1H3,(H,35,38). The third kappa shape index (κ3) is 5.69. The minimum Gasteiger partial charge on any atom is -0.337 e. The van der Waals surface area contributed by atoms with Crippen molar-refractivity contribution in [2.75, 3.05) is 18.4 Å². The minimum atomic E-state index is -4.52. The second-order valence-electron chi connectivity index (χ2n) is 9.49. The van der Waals surface area contributed by atoms with Crippen LogP contribution < -0.4 is 5.32 Å². The maximum absolute atomic E-state index is 13.2. The van der Waals surface area contributed by atoms with Crippen LogP contribution in [0.3, 0.4) is 0 Å². The lowest BCUT2D eigenvalue weighted by molar-refractivity contribution is -0.138. The summed E-state index contributed by atoms with van der Waals surface area (Å²) in [6, 6.07) is 14.5. The van der Waals surface area contributed by atoms with Crippen molar-refractivity contribution in [3.8, 4) is 5.69 Å². The summed E-state index contributed by atoms with van der Waals surface area (Å²) in [5.41, 5.74) is 1.83. The van der Waals surface area contributed by atoms with Crippen LogP contribution in [0.1, 0.15) is 56.3 Å². The van der Waals surface area contributed by atoms with Gasteiger partial charge in [0.1, 0.15) is 5.69 Å². The third-order valence-corrected chi connectivity index (χ3v) is 7.07. The molecule has 0 spiro atoms. The van der Waals surface area contributed by atoms with Crippen molar-refractivity contribution in [1.82, 2.24) is 19.4 Å². The molecule has 0 unspecified atom stereocenters. The fourth-order valence-corrected chi connectivity index (χ4v) is 4.91. The highest BCUT2D eigenvalue weighted by molar-refractivity contribution is 6.05. The summed E-state index contributed by atoms with van der Waals surface area (Å²) in [6.45, 7) is 2.48. The monoisotopic (exact) mass is 533 g/mol. The number of alkyl halides is 3. The number of nitrogens with zero attached hydrogens (tertiary/aromatic N) is 4. The highest BCUT2D eigenvalue weighted by Gasteiger charge is 2.33. The summed E-state index contributed by atoms with van der Waals surface area (Å²) in [4.78, 5) is 35.9. The molecule has 2 aromatic heterocycles.